The molecule has 5 nitrogen and oxygen atoms in total. The van der Waals surface area contributed by atoms with E-state index in [0.717, 1.165) is 34.7 Å². The number of rotatable bonds is 9. The molecule has 1 N–H and O–H groups in total. The van der Waals surface area contributed by atoms with Crippen LogP contribution < -0.4 is 5.32 Å². The van der Waals surface area contributed by atoms with Gasteiger partial charge in [-0.25, -0.2) is 4.98 Å². The Morgan fingerprint density at radius 2 is 1.82 bits per heavy atom. The summed E-state index contributed by atoms with van der Waals surface area (Å²) in [4.78, 5) is 17.4. The zero-order chi connectivity index (χ0) is 19.9. The summed E-state index contributed by atoms with van der Waals surface area (Å²) in [5.74, 6) is 0.309. The van der Waals surface area contributed by atoms with Crippen molar-refractivity contribution in [3.8, 4) is 0 Å². The second-order valence-corrected chi connectivity index (χ2v) is 7.47. The van der Waals surface area contributed by atoms with Gasteiger partial charge in [-0.1, -0.05) is 55.9 Å². The molecule has 2 aromatic carbocycles. The van der Waals surface area contributed by atoms with Gasteiger partial charge in [0.2, 0.25) is 5.91 Å². The van der Waals surface area contributed by atoms with Gasteiger partial charge in [-0.2, -0.15) is 0 Å². The number of amides is 1. The Morgan fingerprint density at radius 1 is 1.11 bits per heavy atom. The maximum absolute atomic E-state index is 12.7. The number of benzene rings is 2. The molecule has 0 aliphatic carbocycles. The van der Waals surface area contributed by atoms with Gasteiger partial charge in [-0.15, -0.1) is 0 Å². The number of hydrogen-bond acceptors (Lipinski definition) is 4. The van der Waals surface area contributed by atoms with Gasteiger partial charge in [0.1, 0.15) is 0 Å². The summed E-state index contributed by atoms with van der Waals surface area (Å²) in [6.45, 7) is 5.53. The van der Waals surface area contributed by atoms with Gasteiger partial charge in [0.05, 0.1) is 23.4 Å². The number of nitrogens with one attached hydrogen (secondary N) is 1. The van der Waals surface area contributed by atoms with Crippen molar-refractivity contribution in [2.24, 2.45) is 0 Å². The topological polar surface area (TPSA) is 56.2 Å². The van der Waals surface area contributed by atoms with Gasteiger partial charge in [0, 0.05) is 19.3 Å². The predicted octanol–water partition coefficient (Wildman–Crippen LogP) is 4.54. The van der Waals surface area contributed by atoms with E-state index in [4.69, 9.17) is 9.72 Å². The number of aryl methyl sites for hydroxylation is 2. The van der Waals surface area contributed by atoms with Crippen LogP contribution in [0.2, 0.25) is 0 Å². The fourth-order valence-electron chi connectivity index (χ4n) is 3.27. The molecule has 0 fully saturated rings. The third-order valence-corrected chi connectivity index (χ3v) is 5.71. The molecule has 0 radical (unpaired) electrons. The summed E-state index contributed by atoms with van der Waals surface area (Å²) < 4.78 is 7.36. The van der Waals surface area contributed by atoms with Crippen LogP contribution in [0, 0.1) is 0 Å². The maximum atomic E-state index is 12.7. The predicted molar refractivity (Wildman–Crippen MR) is 116 cm³/mol. The first-order valence-electron chi connectivity index (χ1n) is 9.65. The molecule has 0 bridgehead atoms. The summed E-state index contributed by atoms with van der Waals surface area (Å²) in [7, 11) is 1.69. The van der Waals surface area contributed by atoms with Crippen molar-refractivity contribution < 1.29 is 9.53 Å². The summed E-state index contributed by atoms with van der Waals surface area (Å²) >= 11 is 1.46. The van der Waals surface area contributed by atoms with Crippen LogP contribution >= 0.6 is 11.8 Å². The van der Waals surface area contributed by atoms with Crippen molar-refractivity contribution in [1.29, 1.82) is 0 Å². The number of carbonyl (C=O) groups is 1. The van der Waals surface area contributed by atoms with Crippen molar-refractivity contribution in [2.45, 2.75) is 38.4 Å². The molecular formula is C22H27N3O2S. The lowest BCUT2D eigenvalue weighted by atomic mass is 10.0. The van der Waals surface area contributed by atoms with Crippen molar-refractivity contribution in [1.82, 2.24) is 9.55 Å². The highest BCUT2D eigenvalue weighted by atomic mass is 32.2. The van der Waals surface area contributed by atoms with Gasteiger partial charge in [0.25, 0.3) is 0 Å². The standard InChI is InChI=1S/C22H27N3O2S/c1-4-16-9-8-10-17(5-2)21(16)24-20(26)15-28-22-23-18-11-6-7-12-19(18)25(22)13-14-27-3/h6-12H,4-5,13-15H2,1-3H3,(H,24,26). The average Bonchev–Trinajstić information content (AvgIpc) is 3.08. The third-order valence-electron chi connectivity index (χ3n) is 4.73. The summed E-state index contributed by atoms with van der Waals surface area (Å²) in [5, 5.41) is 3.97. The lowest BCUT2D eigenvalue weighted by molar-refractivity contribution is -0.113. The van der Waals surface area contributed by atoms with Crippen LogP contribution in [-0.4, -0.2) is 34.9 Å². The number of carbonyl (C=O) groups excluding carboxylic acids is 1. The van der Waals surface area contributed by atoms with E-state index in [1.807, 2.05) is 24.3 Å². The Hall–Kier alpha value is -2.31. The Bertz CT molecular complexity index is 930. The van der Waals surface area contributed by atoms with Crippen LogP contribution in [-0.2, 0) is 28.9 Å². The number of aromatic nitrogens is 2. The maximum Gasteiger partial charge on any atom is 0.234 e. The van der Waals surface area contributed by atoms with Crippen LogP contribution in [0.4, 0.5) is 5.69 Å². The van der Waals surface area contributed by atoms with Crippen molar-refractivity contribution in [2.75, 3.05) is 24.8 Å². The number of thioether (sulfide) groups is 1. The Balaban J connectivity index is 1.75. The normalized spacial score (nSPS) is 11.1. The zero-order valence-electron chi connectivity index (χ0n) is 16.7. The van der Waals surface area contributed by atoms with E-state index in [1.165, 1.54) is 22.9 Å². The quantitative estimate of drug-likeness (QED) is 0.539. The van der Waals surface area contributed by atoms with E-state index in [1.54, 1.807) is 7.11 Å². The highest BCUT2D eigenvalue weighted by Crippen LogP contribution is 2.26. The molecule has 0 atom stereocenters. The minimum absolute atomic E-state index is 0.00838. The Kier molecular flexibility index (Phi) is 7.12. The number of imidazole rings is 1. The van der Waals surface area contributed by atoms with Crippen LogP contribution in [0.25, 0.3) is 11.0 Å². The number of ether oxygens (including phenoxy) is 1. The molecule has 1 heterocycles. The fraction of sp³-hybridized carbons (Fsp3) is 0.364. The van der Waals surface area contributed by atoms with Crippen LogP contribution in [0.3, 0.4) is 0 Å². The van der Waals surface area contributed by atoms with Crippen molar-refractivity contribution in [3.05, 3.63) is 53.6 Å². The monoisotopic (exact) mass is 397 g/mol. The molecule has 3 rings (SSSR count). The molecular weight excluding hydrogens is 370 g/mol. The first kappa shape index (κ1) is 20.4. The molecule has 6 heteroatoms. The van der Waals surface area contributed by atoms with Gasteiger partial charge in [-0.05, 0) is 36.1 Å². The number of methoxy groups -OCH3 is 1. The molecule has 3 aromatic rings. The molecule has 1 aromatic heterocycles. The van der Waals surface area contributed by atoms with Crippen LogP contribution in [0.1, 0.15) is 25.0 Å². The van der Waals surface area contributed by atoms with Crippen molar-refractivity contribution in [3.63, 3.8) is 0 Å². The molecule has 0 saturated carbocycles. The van der Waals surface area contributed by atoms with E-state index in [2.05, 4.69) is 41.9 Å². The van der Waals surface area contributed by atoms with Crippen LogP contribution in [0.15, 0.2) is 47.6 Å². The smallest absolute Gasteiger partial charge is 0.234 e. The third kappa shape index (κ3) is 4.56. The number of nitrogens with zero attached hydrogens (tertiary/aromatic N) is 2. The lowest BCUT2D eigenvalue weighted by Crippen LogP contribution is -2.17. The first-order valence-corrected chi connectivity index (χ1v) is 10.6. The van der Waals surface area contributed by atoms with Gasteiger partial charge >= 0.3 is 0 Å². The van der Waals surface area contributed by atoms with Gasteiger partial charge in [0.15, 0.2) is 5.16 Å². The molecule has 0 spiro atoms. The number of hydrogen-bond donors (Lipinski definition) is 1. The highest BCUT2D eigenvalue weighted by Gasteiger charge is 2.14. The second kappa shape index (κ2) is 9.75. The number of anilines is 1. The largest absolute Gasteiger partial charge is 0.383 e. The molecule has 28 heavy (non-hydrogen) atoms. The van der Waals surface area contributed by atoms with Crippen LogP contribution in [0.5, 0.6) is 0 Å². The minimum Gasteiger partial charge on any atom is -0.383 e. The van der Waals surface area contributed by atoms with Crippen molar-refractivity contribution >= 4 is 34.4 Å². The molecule has 148 valence electrons. The minimum atomic E-state index is -0.00838. The van der Waals surface area contributed by atoms with E-state index in [-0.39, 0.29) is 5.91 Å². The lowest BCUT2D eigenvalue weighted by Gasteiger charge is -2.14. The molecule has 0 unspecified atom stereocenters. The van der Waals surface area contributed by atoms with E-state index in [9.17, 15) is 4.79 Å². The van der Waals surface area contributed by atoms with Gasteiger partial charge in [-0.3, -0.25) is 4.79 Å². The molecule has 0 aliphatic heterocycles. The zero-order valence-corrected chi connectivity index (χ0v) is 17.5. The number of para-hydroxylation sites is 3. The molecule has 0 aliphatic rings. The second-order valence-electron chi connectivity index (χ2n) is 6.52. The molecule has 1 amide bonds. The summed E-state index contributed by atoms with van der Waals surface area (Å²) in [6, 6.07) is 14.2. The SMILES string of the molecule is CCc1cccc(CC)c1NC(=O)CSc1nc2ccccc2n1CCOC. The number of fused-ring (bicyclic) bond motifs is 1. The van der Waals surface area contributed by atoms with E-state index < -0.39 is 0 Å². The Labute approximate surface area is 170 Å². The molecule has 0 saturated heterocycles. The highest BCUT2D eigenvalue weighted by molar-refractivity contribution is 7.99. The summed E-state index contributed by atoms with van der Waals surface area (Å²) in [6.07, 6.45) is 1.78. The van der Waals surface area contributed by atoms with E-state index >= 15 is 0 Å². The fourth-order valence-corrected chi connectivity index (χ4v) is 4.11. The average molecular weight is 398 g/mol. The first-order chi connectivity index (χ1) is 13.7. The Morgan fingerprint density at radius 3 is 2.50 bits per heavy atom. The van der Waals surface area contributed by atoms with E-state index in [0.29, 0.717) is 18.9 Å². The van der Waals surface area contributed by atoms with Gasteiger partial charge < -0.3 is 14.6 Å². The summed E-state index contributed by atoms with van der Waals surface area (Å²) in [5.41, 5.74) is 5.30.